The van der Waals surface area contributed by atoms with Crippen LogP contribution in [0, 0.1) is 0 Å². The summed E-state index contributed by atoms with van der Waals surface area (Å²) in [6.07, 6.45) is 4.41. The van der Waals surface area contributed by atoms with Crippen molar-refractivity contribution in [3.05, 3.63) is 24.0 Å². The molecule has 1 amide bonds. The Hall–Kier alpha value is -1.62. The molecule has 5 heteroatoms. The van der Waals surface area contributed by atoms with E-state index in [1.54, 1.807) is 12.4 Å². The van der Waals surface area contributed by atoms with Gasteiger partial charge in [-0.05, 0) is 25.6 Å². The van der Waals surface area contributed by atoms with Crippen LogP contribution in [-0.4, -0.2) is 60.0 Å². The Labute approximate surface area is 121 Å². The van der Waals surface area contributed by atoms with E-state index in [4.69, 9.17) is 0 Å². The van der Waals surface area contributed by atoms with Crippen LogP contribution in [0.4, 0.5) is 5.69 Å². The van der Waals surface area contributed by atoms with Crippen LogP contribution < -0.4 is 5.32 Å². The molecule has 0 aliphatic carbocycles. The third-order valence-corrected chi connectivity index (χ3v) is 4.10. The van der Waals surface area contributed by atoms with Gasteiger partial charge < -0.3 is 10.2 Å². The van der Waals surface area contributed by atoms with Gasteiger partial charge in [0.05, 0.1) is 5.56 Å². The number of hydrogen-bond acceptors (Lipinski definition) is 4. The van der Waals surface area contributed by atoms with E-state index in [1.165, 1.54) is 0 Å². The lowest BCUT2D eigenvalue weighted by Crippen LogP contribution is -2.38. The highest BCUT2D eigenvalue weighted by Gasteiger charge is 2.30. The summed E-state index contributed by atoms with van der Waals surface area (Å²) in [5, 5.41) is 3.06. The van der Waals surface area contributed by atoms with Crippen LogP contribution in [0.25, 0.3) is 0 Å². The highest BCUT2D eigenvalue weighted by Crippen LogP contribution is 2.21. The molecule has 0 saturated carbocycles. The molecule has 1 saturated heterocycles. The fourth-order valence-corrected chi connectivity index (χ4v) is 2.92. The molecule has 20 heavy (non-hydrogen) atoms. The molecule has 0 bridgehead atoms. The molecule has 1 aliphatic heterocycles. The number of likely N-dealkylation sites (tertiary alicyclic amines) is 1. The molecule has 110 valence electrons. The Kier molecular flexibility index (Phi) is 4.95. The van der Waals surface area contributed by atoms with Crippen molar-refractivity contribution in [2.45, 2.75) is 26.3 Å². The Balaban J connectivity index is 2.08. The van der Waals surface area contributed by atoms with Crippen LogP contribution >= 0.6 is 0 Å². The zero-order chi connectivity index (χ0) is 14.5. The zero-order valence-electron chi connectivity index (χ0n) is 12.6. The van der Waals surface area contributed by atoms with Gasteiger partial charge in [0, 0.05) is 44.3 Å². The molecule has 2 heterocycles. The number of carbonyl (C=O) groups excluding carboxylic acids is 1. The number of nitrogens with one attached hydrogen (secondary N) is 1. The van der Waals surface area contributed by atoms with Crippen molar-refractivity contribution >= 4 is 11.6 Å². The summed E-state index contributed by atoms with van der Waals surface area (Å²) in [4.78, 5) is 21.0. The quantitative estimate of drug-likeness (QED) is 0.889. The largest absolute Gasteiger partial charge is 0.387 e. The summed E-state index contributed by atoms with van der Waals surface area (Å²) >= 11 is 0. The highest BCUT2D eigenvalue weighted by molar-refractivity contribution is 5.99. The van der Waals surface area contributed by atoms with Gasteiger partial charge >= 0.3 is 0 Å². The minimum absolute atomic E-state index is 0.0807. The molecule has 0 aromatic carbocycles. The molecule has 1 aromatic rings. The van der Waals surface area contributed by atoms with Crippen LogP contribution in [0.15, 0.2) is 18.5 Å². The molecule has 1 unspecified atom stereocenters. The van der Waals surface area contributed by atoms with Crippen LogP contribution in [0.3, 0.4) is 0 Å². The van der Waals surface area contributed by atoms with E-state index in [1.807, 2.05) is 18.0 Å². The first kappa shape index (κ1) is 14.8. The van der Waals surface area contributed by atoms with E-state index in [0.29, 0.717) is 11.6 Å². The van der Waals surface area contributed by atoms with Gasteiger partial charge in [0.2, 0.25) is 0 Å². The van der Waals surface area contributed by atoms with Crippen molar-refractivity contribution in [3.8, 4) is 0 Å². The molecular weight excluding hydrogens is 252 g/mol. The van der Waals surface area contributed by atoms with Crippen molar-refractivity contribution in [2.75, 3.05) is 38.5 Å². The van der Waals surface area contributed by atoms with Crippen LogP contribution in [0.1, 0.15) is 30.6 Å². The van der Waals surface area contributed by atoms with Crippen molar-refractivity contribution in [2.24, 2.45) is 0 Å². The Morgan fingerprint density at radius 1 is 1.50 bits per heavy atom. The molecule has 1 aliphatic rings. The molecule has 2 rings (SSSR count). The Morgan fingerprint density at radius 3 is 2.90 bits per heavy atom. The second-order valence-corrected chi connectivity index (χ2v) is 5.09. The van der Waals surface area contributed by atoms with Gasteiger partial charge in [-0.15, -0.1) is 0 Å². The third-order valence-electron chi connectivity index (χ3n) is 4.10. The minimum atomic E-state index is 0.0807. The summed E-state index contributed by atoms with van der Waals surface area (Å²) in [6.45, 7) is 8.08. The summed E-state index contributed by atoms with van der Waals surface area (Å²) in [7, 11) is 1.83. The fraction of sp³-hybridized carbons (Fsp3) is 0.600. The molecule has 5 nitrogen and oxygen atoms in total. The lowest BCUT2D eigenvalue weighted by atomic mass is 10.2. The third kappa shape index (κ3) is 2.93. The monoisotopic (exact) mass is 276 g/mol. The van der Waals surface area contributed by atoms with Crippen LogP contribution in [0.5, 0.6) is 0 Å². The molecule has 1 N–H and O–H groups in total. The summed E-state index contributed by atoms with van der Waals surface area (Å²) < 4.78 is 0. The maximum absolute atomic E-state index is 12.6. The van der Waals surface area contributed by atoms with Crippen molar-refractivity contribution < 1.29 is 4.79 Å². The average Bonchev–Trinajstić information content (AvgIpc) is 2.97. The van der Waals surface area contributed by atoms with Gasteiger partial charge in [-0.2, -0.15) is 0 Å². The topological polar surface area (TPSA) is 48.5 Å². The standard InChI is InChI=1S/C15H24N4O/c1-4-18(5-2)12-7-9-19(11-12)15(20)13-10-17-8-6-14(13)16-3/h6,8,10,12H,4-5,7,9,11H2,1-3H3,(H,16,17). The van der Waals surface area contributed by atoms with E-state index >= 15 is 0 Å². The SMILES string of the molecule is CCN(CC)C1CCN(C(=O)c2cnccc2NC)C1. The number of hydrogen-bond donors (Lipinski definition) is 1. The summed E-state index contributed by atoms with van der Waals surface area (Å²) in [5.74, 6) is 0.0807. The lowest BCUT2D eigenvalue weighted by Gasteiger charge is -2.26. The van der Waals surface area contributed by atoms with Gasteiger partial charge in [-0.3, -0.25) is 14.7 Å². The summed E-state index contributed by atoms with van der Waals surface area (Å²) in [5.41, 5.74) is 1.51. The van der Waals surface area contributed by atoms with Crippen LogP contribution in [0.2, 0.25) is 0 Å². The number of carbonyl (C=O) groups is 1. The first-order chi connectivity index (χ1) is 9.71. The van der Waals surface area contributed by atoms with Gasteiger partial charge in [-0.25, -0.2) is 0 Å². The highest BCUT2D eigenvalue weighted by atomic mass is 16.2. The smallest absolute Gasteiger partial charge is 0.257 e. The van der Waals surface area contributed by atoms with E-state index in [-0.39, 0.29) is 5.91 Å². The number of likely N-dealkylation sites (N-methyl/N-ethyl adjacent to an activating group) is 1. The number of amides is 1. The average molecular weight is 276 g/mol. The number of anilines is 1. The second kappa shape index (κ2) is 6.70. The van der Waals surface area contributed by atoms with Gasteiger partial charge in [0.25, 0.3) is 5.91 Å². The zero-order valence-corrected chi connectivity index (χ0v) is 12.6. The number of pyridine rings is 1. The summed E-state index contributed by atoms with van der Waals surface area (Å²) in [6, 6.07) is 2.33. The van der Waals surface area contributed by atoms with Crippen molar-refractivity contribution in [3.63, 3.8) is 0 Å². The number of rotatable bonds is 5. The predicted octanol–water partition coefficient (Wildman–Crippen LogP) is 1.68. The Bertz CT molecular complexity index is 459. The van der Waals surface area contributed by atoms with E-state index in [2.05, 4.69) is 29.0 Å². The Morgan fingerprint density at radius 2 is 2.25 bits per heavy atom. The predicted molar refractivity (Wildman–Crippen MR) is 81.0 cm³/mol. The van der Waals surface area contributed by atoms with Crippen molar-refractivity contribution in [1.29, 1.82) is 0 Å². The number of nitrogens with zero attached hydrogens (tertiary/aromatic N) is 3. The first-order valence-corrected chi connectivity index (χ1v) is 7.36. The van der Waals surface area contributed by atoms with Crippen molar-refractivity contribution in [1.82, 2.24) is 14.8 Å². The van der Waals surface area contributed by atoms with Crippen LogP contribution in [-0.2, 0) is 0 Å². The molecular formula is C15H24N4O. The van der Waals surface area contributed by atoms with Gasteiger partial charge in [0.1, 0.15) is 0 Å². The molecule has 1 fully saturated rings. The maximum atomic E-state index is 12.6. The van der Waals surface area contributed by atoms with Gasteiger partial charge in [0.15, 0.2) is 0 Å². The maximum Gasteiger partial charge on any atom is 0.257 e. The molecule has 0 radical (unpaired) electrons. The lowest BCUT2D eigenvalue weighted by molar-refractivity contribution is 0.0778. The van der Waals surface area contributed by atoms with E-state index < -0.39 is 0 Å². The second-order valence-electron chi connectivity index (χ2n) is 5.09. The number of aromatic nitrogens is 1. The minimum Gasteiger partial charge on any atom is -0.387 e. The fourth-order valence-electron chi connectivity index (χ4n) is 2.92. The van der Waals surface area contributed by atoms with E-state index in [0.717, 1.165) is 38.3 Å². The molecule has 1 atom stereocenters. The normalized spacial score (nSPS) is 18.6. The molecule has 0 spiro atoms. The molecule has 1 aromatic heterocycles. The first-order valence-electron chi connectivity index (χ1n) is 7.36. The van der Waals surface area contributed by atoms with E-state index in [9.17, 15) is 4.79 Å². The van der Waals surface area contributed by atoms with Gasteiger partial charge in [-0.1, -0.05) is 13.8 Å².